The number of amides is 3. The molecule has 27 heavy (non-hydrogen) atoms. The molecular formula is C20H18N2O5. The Bertz CT molecular complexity index is 875. The molecule has 0 N–H and O–H groups in total. The fraction of sp³-hybridized carbons (Fsp3) is 0.200. The van der Waals surface area contributed by atoms with Gasteiger partial charge in [0.2, 0.25) is 0 Å². The van der Waals surface area contributed by atoms with Gasteiger partial charge >= 0.3 is 5.97 Å². The van der Waals surface area contributed by atoms with Crippen LogP contribution in [0, 0.1) is 0 Å². The summed E-state index contributed by atoms with van der Waals surface area (Å²) in [7, 11) is 1.57. The molecule has 0 aliphatic carbocycles. The van der Waals surface area contributed by atoms with E-state index >= 15 is 0 Å². The van der Waals surface area contributed by atoms with E-state index in [1.807, 2.05) is 6.07 Å². The molecule has 2 aromatic rings. The van der Waals surface area contributed by atoms with E-state index < -0.39 is 36.3 Å². The zero-order valence-corrected chi connectivity index (χ0v) is 14.9. The molecule has 138 valence electrons. The van der Waals surface area contributed by atoms with E-state index in [-0.39, 0.29) is 11.1 Å². The molecule has 3 rings (SSSR count). The Morgan fingerprint density at radius 2 is 1.48 bits per heavy atom. The van der Waals surface area contributed by atoms with Crippen LogP contribution in [-0.2, 0) is 14.3 Å². The summed E-state index contributed by atoms with van der Waals surface area (Å²) >= 11 is 0. The van der Waals surface area contributed by atoms with Crippen LogP contribution in [0.15, 0.2) is 54.6 Å². The third kappa shape index (κ3) is 3.44. The first-order valence-electron chi connectivity index (χ1n) is 8.37. The van der Waals surface area contributed by atoms with Crippen molar-refractivity contribution in [2.24, 2.45) is 0 Å². The highest BCUT2D eigenvalue weighted by Crippen LogP contribution is 2.24. The number of para-hydroxylation sites is 1. The van der Waals surface area contributed by atoms with Gasteiger partial charge in [-0.3, -0.25) is 19.3 Å². The van der Waals surface area contributed by atoms with E-state index in [9.17, 15) is 19.2 Å². The number of hydrogen-bond donors (Lipinski definition) is 0. The maximum Gasteiger partial charge on any atom is 0.329 e. The Labute approximate surface area is 156 Å². The van der Waals surface area contributed by atoms with Gasteiger partial charge in [-0.2, -0.15) is 0 Å². The summed E-state index contributed by atoms with van der Waals surface area (Å²) in [5, 5.41) is 0. The predicted molar refractivity (Wildman–Crippen MR) is 97.2 cm³/mol. The van der Waals surface area contributed by atoms with Crippen LogP contribution in [0.2, 0.25) is 0 Å². The second-order valence-electron chi connectivity index (χ2n) is 6.10. The molecule has 1 aliphatic rings. The lowest BCUT2D eigenvalue weighted by Gasteiger charge is -2.22. The monoisotopic (exact) mass is 366 g/mol. The van der Waals surface area contributed by atoms with Crippen LogP contribution >= 0.6 is 0 Å². The van der Waals surface area contributed by atoms with Crippen molar-refractivity contribution in [2.45, 2.75) is 13.0 Å². The Hall–Kier alpha value is -3.48. The van der Waals surface area contributed by atoms with Gasteiger partial charge in [0.1, 0.15) is 6.04 Å². The highest BCUT2D eigenvalue weighted by atomic mass is 16.5. The molecule has 2 aromatic carbocycles. The summed E-state index contributed by atoms with van der Waals surface area (Å²) in [5.41, 5.74) is 1.16. The number of hydrogen-bond acceptors (Lipinski definition) is 5. The highest BCUT2D eigenvalue weighted by molar-refractivity contribution is 6.22. The van der Waals surface area contributed by atoms with Crippen molar-refractivity contribution >= 4 is 29.4 Å². The Balaban J connectivity index is 1.63. The van der Waals surface area contributed by atoms with Crippen molar-refractivity contribution in [2.75, 3.05) is 18.6 Å². The Kier molecular flexibility index (Phi) is 5.03. The highest BCUT2D eigenvalue weighted by Gasteiger charge is 2.41. The molecule has 0 radical (unpaired) electrons. The predicted octanol–water partition coefficient (Wildman–Crippen LogP) is 1.88. The molecule has 7 heteroatoms. The van der Waals surface area contributed by atoms with Gasteiger partial charge in [-0.15, -0.1) is 0 Å². The van der Waals surface area contributed by atoms with Gasteiger partial charge in [0.05, 0.1) is 11.1 Å². The van der Waals surface area contributed by atoms with Gasteiger partial charge < -0.3 is 9.64 Å². The van der Waals surface area contributed by atoms with Gasteiger partial charge in [0.15, 0.2) is 6.61 Å². The van der Waals surface area contributed by atoms with E-state index in [1.54, 1.807) is 43.4 Å². The van der Waals surface area contributed by atoms with E-state index in [0.717, 1.165) is 4.90 Å². The van der Waals surface area contributed by atoms with Crippen LogP contribution in [0.3, 0.4) is 0 Å². The zero-order chi connectivity index (χ0) is 19.6. The lowest BCUT2D eigenvalue weighted by molar-refractivity contribution is -0.151. The first-order valence-corrected chi connectivity index (χ1v) is 8.37. The number of esters is 1. The molecule has 7 nitrogen and oxygen atoms in total. The van der Waals surface area contributed by atoms with Gasteiger partial charge in [-0.1, -0.05) is 30.3 Å². The van der Waals surface area contributed by atoms with Crippen molar-refractivity contribution in [1.29, 1.82) is 0 Å². The van der Waals surface area contributed by atoms with Crippen LogP contribution in [0.5, 0.6) is 0 Å². The lowest BCUT2D eigenvalue weighted by Crippen LogP contribution is -2.44. The summed E-state index contributed by atoms with van der Waals surface area (Å²) in [6.45, 7) is 0.910. The van der Waals surface area contributed by atoms with Crippen molar-refractivity contribution in [3.05, 3.63) is 65.7 Å². The topological polar surface area (TPSA) is 84.0 Å². The Morgan fingerprint density at radius 3 is 2.04 bits per heavy atom. The first-order chi connectivity index (χ1) is 12.9. The second-order valence-corrected chi connectivity index (χ2v) is 6.10. The minimum Gasteiger partial charge on any atom is -0.454 e. The van der Waals surface area contributed by atoms with Gasteiger partial charge in [0.25, 0.3) is 17.7 Å². The maximum atomic E-state index is 12.4. The SMILES string of the molecule is C[C@H](C(=O)OCC(=O)N(C)c1ccccc1)N1C(=O)c2ccccc2C1=O. The molecule has 1 atom stereocenters. The van der Waals surface area contributed by atoms with Gasteiger partial charge in [-0.25, -0.2) is 4.79 Å². The van der Waals surface area contributed by atoms with E-state index in [4.69, 9.17) is 4.74 Å². The van der Waals surface area contributed by atoms with Gasteiger partial charge in [-0.05, 0) is 31.2 Å². The smallest absolute Gasteiger partial charge is 0.329 e. The van der Waals surface area contributed by atoms with Crippen LogP contribution in [0.25, 0.3) is 0 Å². The van der Waals surface area contributed by atoms with Crippen LogP contribution < -0.4 is 4.90 Å². The number of fused-ring (bicyclic) bond motifs is 1. The molecule has 0 bridgehead atoms. The summed E-state index contributed by atoms with van der Waals surface area (Å²) in [5.74, 6) is -2.34. The number of ether oxygens (including phenoxy) is 1. The average Bonchev–Trinajstić information content (AvgIpc) is 2.96. The number of likely N-dealkylation sites (N-methyl/N-ethyl adjacent to an activating group) is 1. The zero-order valence-electron chi connectivity index (χ0n) is 14.9. The summed E-state index contributed by atoms with van der Waals surface area (Å²) in [6.07, 6.45) is 0. The lowest BCUT2D eigenvalue weighted by atomic mass is 10.1. The molecule has 0 saturated carbocycles. The molecule has 0 spiro atoms. The average molecular weight is 366 g/mol. The van der Waals surface area contributed by atoms with E-state index in [1.165, 1.54) is 24.0 Å². The molecule has 0 fully saturated rings. The van der Waals surface area contributed by atoms with Crippen LogP contribution in [0.1, 0.15) is 27.6 Å². The number of imide groups is 1. The first kappa shape index (κ1) is 18.3. The second kappa shape index (κ2) is 7.41. The minimum atomic E-state index is -1.13. The van der Waals surface area contributed by atoms with Crippen molar-refractivity contribution < 1.29 is 23.9 Å². The largest absolute Gasteiger partial charge is 0.454 e. The minimum absolute atomic E-state index is 0.252. The van der Waals surface area contributed by atoms with E-state index in [0.29, 0.717) is 5.69 Å². The summed E-state index contributed by atoms with van der Waals surface area (Å²) < 4.78 is 5.04. The van der Waals surface area contributed by atoms with Crippen molar-refractivity contribution in [1.82, 2.24) is 4.90 Å². The van der Waals surface area contributed by atoms with Gasteiger partial charge in [0, 0.05) is 12.7 Å². The number of nitrogens with zero attached hydrogens (tertiary/aromatic N) is 2. The standard InChI is InChI=1S/C20H18N2O5/c1-13(22-18(24)15-10-6-7-11-16(15)19(22)25)20(26)27-12-17(23)21(2)14-8-4-3-5-9-14/h3-11,13H,12H2,1-2H3/t13-/m1/s1. The maximum absolute atomic E-state index is 12.4. The van der Waals surface area contributed by atoms with Crippen molar-refractivity contribution in [3.8, 4) is 0 Å². The Morgan fingerprint density at radius 1 is 0.963 bits per heavy atom. The molecule has 0 unspecified atom stereocenters. The summed E-state index contributed by atoms with van der Waals surface area (Å²) in [6, 6.07) is 14.1. The molecule has 1 aliphatic heterocycles. The van der Waals surface area contributed by atoms with E-state index in [2.05, 4.69) is 0 Å². The number of anilines is 1. The van der Waals surface area contributed by atoms with Crippen molar-refractivity contribution in [3.63, 3.8) is 0 Å². The molecule has 0 saturated heterocycles. The number of carbonyl (C=O) groups excluding carboxylic acids is 4. The fourth-order valence-electron chi connectivity index (χ4n) is 2.81. The molecule has 1 heterocycles. The number of carbonyl (C=O) groups is 4. The fourth-order valence-corrected chi connectivity index (χ4v) is 2.81. The van der Waals surface area contributed by atoms with Crippen LogP contribution in [0.4, 0.5) is 5.69 Å². The molecule has 0 aromatic heterocycles. The summed E-state index contributed by atoms with van der Waals surface area (Å²) in [4.78, 5) is 51.5. The third-order valence-corrected chi connectivity index (χ3v) is 4.41. The van der Waals surface area contributed by atoms with Crippen LogP contribution in [-0.4, -0.2) is 48.3 Å². The number of rotatable bonds is 5. The quantitative estimate of drug-likeness (QED) is 0.596. The number of benzene rings is 2. The molecule has 3 amide bonds. The normalized spacial score (nSPS) is 13.9. The molecular weight excluding hydrogens is 348 g/mol. The third-order valence-electron chi connectivity index (χ3n) is 4.41.